The van der Waals surface area contributed by atoms with Gasteiger partial charge < -0.3 is 5.43 Å². The van der Waals surface area contributed by atoms with E-state index in [0.717, 1.165) is 12.2 Å². The van der Waals surface area contributed by atoms with E-state index in [1.54, 1.807) is 6.33 Å². The van der Waals surface area contributed by atoms with Gasteiger partial charge in [0.05, 0.1) is 11.9 Å². The summed E-state index contributed by atoms with van der Waals surface area (Å²) in [6.45, 7) is 0.892. The van der Waals surface area contributed by atoms with Crippen molar-refractivity contribution in [1.29, 1.82) is 0 Å². The molecule has 0 fully saturated rings. The Morgan fingerprint density at radius 2 is 2.67 bits per heavy atom. The topological polar surface area (TPSA) is 29.9 Å². The molecule has 1 aromatic rings. The molecule has 0 radical (unpaired) electrons. The van der Waals surface area contributed by atoms with Crippen molar-refractivity contribution < 1.29 is 0 Å². The third-order valence-corrected chi connectivity index (χ3v) is 1.34. The molecule has 0 aliphatic carbocycles. The molecule has 0 bridgehead atoms. The van der Waals surface area contributed by atoms with Gasteiger partial charge in [-0.2, -0.15) is 0 Å². The first-order chi connectivity index (χ1) is 4.47. The third kappa shape index (κ3) is 0.614. The van der Waals surface area contributed by atoms with Crippen molar-refractivity contribution in [2.24, 2.45) is 0 Å². The Morgan fingerprint density at radius 1 is 1.67 bits per heavy atom. The van der Waals surface area contributed by atoms with Gasteiger partial charge in [0.2, 0.25) is 0 Å². The van der Waals surface area contributed by atoms with Crippen LogP contribution in [0.2, 0.25) is 0 Å². The highest BCUT2D eigenvalue weighted by Crippen LogP contribution is 2.02. The van der Waals surface area contributed by atoms with E-state index >= 15 is 0 Å². The lowest BCUT2D eigenvalue weighted by atomic mass is 10.4. The van der Waals surface area contributed by atoms with Crippen LogP contribution in [0, 0.1) is 0 Å². The summed E-state index contributed by atoms with van der Waals surface area (Å²) in [5.74, 6) is 0. The average Bonchev–Trinajstić information content (AvgIpc) is 2.33. The standard InChI is InChI=1S/C6H7N3/c1-2-6-4-7-5-9(6)8-3-1/h1-2,4-5,8H,3H2. The molecule has 2 rings (SSSR count). The SMILES string of the molecule is C1=Cc2cncn2NC1. The molecule has 0 saturated heterocycles. The first-order valence-electron chi connectivity index (χ1n) is 2.89. The van der Waals surface area contributed by atoms with Crippen molar-refractivity contribution >= 4 is 6.08 Å². The van der Waals surface area contributed by atoms with Crippen LogP contribution < -0.4 is 5.43 Å². The van der Waals surface area contributed by atoms with Crippen LogP contribution in [0.25, 0.3) is 6.08 Å². The lowest BCUT2D eigenvalue weighted by Gasteiger charge is -2.09. The van der Waals surface area contributed by atoms with Gasteiger partial charge in [0.1, 0.15) is 6.33 Å². The average molecular weight is 121 g/mol. The van der Waals surface area contributed by atoms with E-state index in [1.807, 2.05) is 16.9 Å². The number of rotatable bonds is 0. The lowest BCUT2D eigenvalue weighted by Crippen LogP contribution is -2.17. The molecule has 1 aliphatic rings. The van der Waals surface area contributed by atoms with Crippen molar-refractivity contribution in [2.45, 2.75) is 0 Å². The van der Waals surface area contributed by atoms with Gasteiger partial charge in [0.15, 0.2) is 0 Å². The van der Waals surface area contributed by atoms with Gasteiger partial charge in [0, 0.05) is 6.54 Å². The van der Waals surface area contributed by atoms with Crippen molar-refractivity contribution in [1.82, 2.24) is 9.66 Å². The maximum atomic E-state index is 3.95. The number of nitrogens with zero attached hydrogens (tertiary/aromatic N) is 2. The minimum absolute atomic E-state index is 0.892. The number of imidazole rings is 1. The second kappa shape index (κ2) is 1.62. The molecule has 2 heterocycles. The Balaban J connectivity index is 2.53. The summed E-state index contributed by atoms with van der Waals surface area (Å²) in [5.41, 5.74) is 4.22. The predicted octanol–water partition coefficient (Wildman–Crippen LogP) is 0.453. The molecule has 1 N–H and O–H groups in total. The van der Waals surface area contributed by atoms with E-state index in [1.165, 1.54) is 0 Å². The summed E-state index contributed by atoms with van der Waals surface area (Å²) >= 11 is 0. The molecular formula is C6H7N3. The molecule has 1 aliphatic heterocycles. The first kappa shape index (κ1) is 4.61. The first-order valence-corrected chi connectivity index (χ1v) is 2.89. The molecular weight excluding hydrogens is 114 g/mol. The van der Waals surface area contributed by atoms with Crippen LogP contribution >= 0.6 is 0 Å². The van der Waals surface area contributed by atoms with Gasteiger partial charge in [-0.3, -0.25) is 0 Å². The second-order valence-electron chi connectivity index (χ2n) is 1.95. The van der Waals surface area contributed by atoms with Gasteiger partial charge in [-0.15, -0.1) is 0 Å². The molecule has 46 valence electrons. The summed E-state index contributed by atoms with van der Waals surface area (Å²) in [6.07, 6.45) is 7.70. The Kier molecular flexibility index (Phi) is 0.828. The molecule has 0 aromatic carbocycles. The smallest absolute Gasteiger partial charge is 0.115 e. The molecule has 0 atom stereocenters. The Morgan fingerprint density at radius 3 is 3.56 bits per heavy atom. The molecule has 9 heavy (non-hydrogen) atoms. The van der Waals surface area contributed by atoms with Crippen LogP contribution in [0.1, 0.15) is 5.69 Å². The minimum Gasteiger partial charge on any atom is -0.321 e. The van der Waals surface area contributed by atoms with Crippen molar-refractivity contribution in [3.8, 4) is 0 Å². The maximum absolute atomic E-state index is 3.95. The fourth-order valence-corrected chi connectivity index (χ4v) is 0.891. The summed E-state index contributed by atoms with van der Waals surface area (Å²) in [4.78, 5) is 3.95. The number of nitrogens with one attached hydrogen (secondary N) is 1. The fraction of sp³-hybridized carbons (Fsp3) is 0.167. The predicted molar refractivity (Wildman–Crippen MR) is 35.5 cm³/mol. The fourth-order valence-electron chi connectivity index (χ4n) is 0.891. The molecule has 0 amide bonds. The zero-order valence-electron chi connectivity index (χ0n) is 4.91. The summed E-state index contributed by atoms with van der Waals surface area (Å²) < 4.78 is 1.90. The van der Waals surface area contributed by atoms with Gasteiger partial charge >= 0.3 is 0 Å². The quantitative estimate of drug-likeness (QED) is 0.540. The van der Waals surface area contributed by atoms with Crippen LogP contribution in [-0.2, 0) is 0 Å². The monoisotopic (exact) mass is 121 g/mol. The van der Waals surface area contributed by atoms with E-state index in [4.69, 9.17) is 0 Å². The number of aromatic nitrogens is 2. The summed E-state index contributed by atoms with van der Waals surface area (Å²) in [6, 6.07) is 0. The highest BCUT2D eigenvalue weighted by molar-refractivity contribution is 5.46. The zero-order chi connectivity index (χ0) is 6.10. The van der Waals surface area contributed by atoms with E-state index in [-0.39, 0.29) is 0 Å². The van der Waals surface area contributed by atoms with Crippen molar-refractivity contribution in [2.75, 3.05) is 12.0 Å². The summed E-state index contributed by atoms with van der Waals surface area (Å²) in [7, 11) is 0. The molecule has 3 heteroatoms. The van der Waals surface area contributed by atoms with Gasteiger partial charge in [-0.05, 0) is 6.08 Å². The number of hydrogen-bond acceptors (Lipinski definition) is 2. The van der Waals surface area contributed by atoms with Gasteiger partial charge in [-0.1, -0.05) is 6.08 Å². The molecule has 1 aromatic heterocycles. The van der Waals surface area contributed by atoms with Crippen LogP contribution in [0.3, 0.4) is 0 Å². The lowest BCUT2D eigenvalue weighted by molar-refractivity contribution is 0.866. The van der Waals surface area contributed by atoms with Crippen LogP contribution in [0.15, 0.2) is 18.6 Å². The molecule has 0 saturated carbocycles. The van der Waals surface area contributed by atoms with Crippen LogP contribution in [0.4, 0.5) is 0 Å². The van der Waals surface area contributed by atoms with Crippen LogP contribution in [0.5, 0.6) is 0 Å². The van der Waals surface area contributed by atoms with E-state index in [0.29, 0.717) is 0 Å². The second-order valence-corrected chi connectivity index (χ2v) is 1.95. The largest absolute Gasteiger partial charge is 0.321 e. The number of hydrogen-bond donors (Lipinski definition) is 1. The number of fused-ring (bicyclic) bond motifs is 1. The van der Waals surface area contributed by atoms with Gasteiger partial charge in [0.25, 0.3) is 0 Å². The Hall–Kier alpha value is -1.25. The Bertz CT molecular complexity index is 236. The summed E-state index contributed by atoms with van der Waals surface area (Å²) in [5, 5.41) is 0. The normalized spacial score (nSPS) is 14.7. The van der Waals surface area contributed by atoms with Gasteiger partial charge in [-0.25, -0.2) is 9.66 Å². The maximum Gasteiger partial charge on any atom is 0.115 e. The van der Waals surface area contributed by atoms with Crippen molar-refractivity contribution in [3.05, 3.63) is 24.3 Å². The van der Waals surface area contributed by atoms with E-state index in [9.17, 15) is 0 Å². The van der Waals surface area contributed by atoms with Crippen LogP contribution in [-0.4, -0.2) is 16.2 Å². The minimum atomic E-state index is 0.892. The highest BCUT2D eigenvalue weighted by Gasteiger charge is 1.98. The third-order valence-electron chi connectivity index (χ3n) is 1.34. The molecule has 0 spiro atoms. The highest BCUT2D eigenvalue weighted by atomic mass is 15.4. The molecule has 3 nitrogen and oxygen atoms in total. The molecule has 0 unspecified atom stereocenters. The Labute approximate surface area is 53.0 Å². The zero-order valence-corrected chi connectivity index (χ0v) is 4.91. The van der Waals surface area contributed by atoms with E-state index in [2.05, 4.69) is 16.5 Å². The van der Waals surface area contributed by atoms with Crippen molar-refractivity contribution in [3.63, 3.8) is 0 Å². The van der Waals surface area contributed by atoms with E-state index < -0.39 is 0 Å².